The molecule has 1 aliphatic heterocycles. The van der Waals surface area contributed by atoms with E-state index >= 15 is 0 Å². The molecule has 1 saturated heterocycles. The molecule has 178 valence electrons. The molecule has 1 aliphatic rings. The summed E-state index contributed by atoms with van der Waals surface area (Å²) in [6.07, 6.45) is 0.769. The second-order valence-electron chi connectivity index (χ2n) is 8.29. The Balaban J connectivity index is 1.25. The monoisotopic (exact) mass is 498 g/mol. The Hall–Kier alpha value is -2.79. The van der Waals surface area contributed by atoms with Crippen molar-refractivity contribution >= 4 is 48.4 Å². The van der Waals surface area contributed by atoms with E-state index in [1.165, 1.54) is 14.4 Å². The van der Waals surface area contributed by atoms with Gasteiger partial charge >= 0.3 is 0 Å². The van der Waals surface area contributed by atoms with Crippen LogP contribution in [0.25, 0.3) is 21.1 Å². The number of amides is 1. The van der Waals surface area contributed by atoms with Gasteiger partial charge < -0.3 is 14.6 Å². The molecule has 3 heterocycles. The van der Waals surface area contributed by atoms with Crippen LogP contribution in [0.3, 0.4) is 0 Å². The first-order chi connectivity index (χ1) is 16.4. The lowest BCUT2D eigenvalue weighted by Gasteiger charge is -2.26. The minimum Gasteiger partial charge on any atom is -0.379 e. The number of aryl methyl sites for hydroxylation is 2. The summed E-state index contributed by atoms with van der Waals surface area (Å²) in [4.78, 5) is 17.4. The second kappa shape index (κ2) is 9.46. The number of hydrogen-bond donors (Lipinski definition) is 1. The molecule has 0 spiro atoms. The molecule has 1 amide bonds. The van der Waals surface area contributed by atoms with Gasteiger partial charge in [-0.2, -0.15) is 4.31 Å². The number of hydrogen-bond acceptors (Lipinski definition) is 6. The predicted molar refractivity (Wildman–Crippen MR) is 132 cm³/mol. The summed E-state index contributed by atoms with van der Waals surface area (Å²) in [6, 6.07) is 13.2. The van der Waals surface area contributed by atoms with E-state index in [0.29, 0.717) is 51.2 Å². The highest BCUT2D eigenvalue weighted by atomic mass is 32.2. The van der Waals surface area contributed by atoms with E-state index in [1.807, 2.05) is 23.7 Å². The van der Waals surface area contributed by atoms with Gasteiger partial charge in [0.25, 0.3) is 0 Å². The number of rotatable bonds is 7. The van der Waals surface area contributed by atoms with Crippen molar-refractivity contribution in [1.82, 2.24) is 19.2 Å². The number of sulfonamides is 1. The fraction of sp³-hybridized carbons (Fsp3) is 0.333. The van der Waals surface area contributed by atoms with Crippen molar-refractivity contribution in [2.24, 2.45) is 7.05 Å². The Morgan fingerprint density at radius 1 is 1.18 bits per heavy atom. The highest BCUT2D eigenvalue weighted by molar-refractivity contribution is 7.89. The van der Waals surface area contributed by atoms with Crippen LogP contribution in [0.1, 0.15) is 17.8 Å². The average Bonchev–Trinajstić information content (AvgIpc) is 3.42. The van der Waals surface area contributed by atoms with Crippen molar-refractivity contribution in [2.75, 3.05) is 26.3 Å². The van der Waals surface area contributed by atoms with Crippen LogP contribution in [0.4, 0.5) is 0 Å². The lowest BCUT2D eigenvalue weighted by atomic mass is 10.2. The van der Waals surface area contributed by atoms with E-state index in [9.17, 15) is 13.2 Å². The first-order valence-electron chi connectivity index (χ1n) is 11.2. The van der Waals surface area contributed by atoms with Crippen LogP contribution < -0.4 is 5.32 Å². The summed E-state index contributed by atoms with van der Waals surface area (Å²) in [5, 5.41) is 6.26. The number of carbonyl (C=O) groups excluding carboxylic acids is 1. The molecule has 1 fully saturated rings. The van der Waals surface area contributed by atoms with Gasteiger partial charge in [-0.1, -0.05) is 18.2 Å². The lowest BCUT2D eigenvalue weighted by molar-refractivity contribution is -0.121. The zero-order valence-electron chi connectivity index (χ0n) is 18.9. The van der Waals surface area contributed by atoms with Crippen molar-refractivity contribution in [3.8, 4) is 0 Å². The number of nitrogens with one attached hydrogen (secondary N) is 1. The lowest BCUT2D eigenvalue weighted by Crippen LogP contribution is -2.40. The van der Waals surface area contributed by atoms with Gasteiger partial charge in [-0.3, -0.25) is 4.79 Å². The normalized spacial score (nSPS) is 15.2. The molecular formula is C24H26N4O4S2. The van der Waals surface area contributed by atoms with Crippen molar-refractivity contribution in [3.05, 3.63) is 59.2 Å². The molecule has 34 heavy (non-hydrogen) atoms. The molecule has 0 atom stereocenters. The van der Waals surface area contributed by atoms with Crippen LogP contribution in [0.2, 0.25) is 0 Å². The van der Waals surface area contributed by atoms with E-state index < -0.39 is 10.0 Å². The van der Waals surface area contributed by atoms with Crippen LogP contribution in [0.5, 0.6) is 0 Å². The maximum absolute atomic E-state index is 13.0. The highest BCUT2D eigenvalue weighted by Gasteiger charge is 2.27. The number of nitrogens with zero attached hydrogens (tertiary/aromatic N) is 3. The molecule has 0 bridgehead atoms. The summed E-state index contributed by atoms with van der Waals surface area (Å²) in [5.74, 6) is 0.699. The number of benzene rings is 2. The number of morpholine rings is 1. The third-order valence-corrected chi connectivity index (χ3v) is 9.07. The van der Waals surface area contributed by atoms with Gasteiger partial charge in [0.2, 0.25) is 15.9 Å². The minimum atomic E-state index is -3.59. The van der Waals surface area contributed by atoms with Crippen molar-refractivity contribution < 1.29 is 17.9 Å². The zero-order valence-corrected chi connectivity index (χ0v) is 20.5. The Bertz CT molecular complexity index is 1450. The number of carbonyl (C=O) groups is 1. The van der Waals surface area contributed by atoms with Crippen molar-refractivity contribution in [3.63, 3.8) is 0 Å². The molecule has 0 saturated carbocycles. The van der Waals surface area contributed by atoms with Gasteiger partial charge in [0, 0.05) is 44.2 Å². The molecule has 0 radical (unpaired) electrons. The first kappa shape index (κ1) is 23.0. The molecule has 1 N–H and O–H groups in total. The summed E-state index contributed by atoms with van der Waals surface area (Å²) >= 11 is 1.68. The molecule has 0 aliphatic carbocycles. The Morgan fingerprint density at radius 2 is 1.97 bits per heavy atom. The molecule has 10 heteroatoms. The molecular weight excluding hydrogens is 472 g/mol. The molecule has 2 aromatic heterocycles. The summed E-state index contributed by atoms with van der Waals surface area (Å²) < 4.78 is 35.8. The van der Waals surface area contributed by atoms with Crippen LogP contribution >= 0.6 is 11.3 Å². The van der Waals surface area contributed by atoms with E-state index in [4.69, 9.17) is 4.74 Å². The summed E-state index contributed by atoms with van der Waals surface area (Å²) in [7, 11) is -1.70. The van der Waals surface area contributed by atoms with E-state index in [1.54, 1.807) is 29.5 Å². The fourth-order valence-electron chi connectivity index (χ4n) is 4.23. The van der Waals surface area contributed by atoms with Gasteiger partial charge in [-0.15, -0.1) is 11.3 Å². The molecule has 5 rings (SSSR count). The van der Waals surface area contributed by atoms with Gasteiger partial charge in [0.15, 0.2) is 0 Å². The third kappa shape index (κ3) is 4.46. The average molecular weight is 499 g/mol. The smallest absolute Gasteiger partial charge is 0.243 e. The SMILES string of the molecule is Cn1c(CCC(=O)NCc2csc3ccccc23)nc2cc(S(=O)(=O)N3CCOCC3)ccc21. The number of thiophene rings is 1. The quantitative estimate of drug-likeness (QED) is 0.423. The van der Waals surface area contributed by atoms with E-state index in [2.05, 4.69) is 27.8 Å². The number of fused-ring (bicyclic) bond motifs is 2. The van der Waals surface area contributed by atoms with Crippen molar-refractivity contribution in [2.45, 2.75) is 24.3 Å². The maximum Gasteiger partial charge on any atom is 0.243 e. The Labute approximate surface area is 202 Å². The van der Waals surface area contributed by atoms with Gasteiger partial charge in [0.05, 0.1) is 29.1 Å². The number of imidazole rings is 1. The minimum absolute atomic E-state index is 0.0436. The predicted octanol–water partition coefficient (Wildman–Crippen LogP) is 3.06. The maximum atomic E-state index is 13.0. The summed E-state index contributed by atoms with van der Waals surface area (Å²) in [6.45, 7) is 2.00. The van der Waals surface area contributed by atoms with Crippen LogP contribution in [0.15, 0.2) is 52.7 Å². The Morgan fingerprint density at radius 3 is 2.79 bits per heavy atom. The van der Waals surface area contributed by atoms with Crippen LogP contribution in [0, 0.1) is 0 Å². The largest absolute Gasteiger partial charge is 0.379 e. The second-order valence-corrected chi connectivity index (χ2v) is 11.1. The topological polar surface area (TPSA) is 93.5 Å². The van der Waals surface area contributed by atoms with Crippen LogP contribution in [-0.2, 0) is 39.6 Å². The highest BCUT2D eigenvalue weighted by Crippen LogP contribution is 2.26. The molecule has 8 nitrogen and oxygen atoms in total. The van der Waals surface area contributed by atoms with Gasteiger partial charge in [-0.05, 0) is 40.6 Å². The van der Waals surface area contributed by atoms with Gasteiger partial charge in [0.1, 0.15) is 5.82 Å². The van der Waals surface area contributed by atoms with Gasteiger partial charge in [-0.25, -0.2) is 13.4 Å². The Kier molecular flexibility index (Phi) is 6.39. The molecule has 2 aromatic carbocycles. The standard InChI is InChI=1S/C24H26N4O4S2/c1-27-21-7-6-18(34(30,31)28-10-12-32-13-11-28)14-20(21)26-23(27)8-9-24(29)25-15-17-16-33-22-5-3-2-4-19(17)22/h2-7,14,16H,8-13,15H2,1H3,(H,25,29). The zero-order chi connectivity index (χ0) is 23.7. The van der Waals surface area contributed by atoms with Crippen molar-refractivity contribution in [1.29, 1.82) is 0 Å². The first-order valence-corrected chi connectivity index (χ1v) is 13.5. The molecule has 4 aromatic rings. The summed E-state index contributed by atoms with van der Waals surface area (Å²) in [5.41, 5.74) is 2.56. The van der Waals surface area contributed by atoms with Crippen LogP contribution in [-0.4, -0.2) is 54.5 Å². The fourth-order valence-corrected chi connectivity index (χ4v) is 6.62. The van der Waals surface area contributed by atoms with E-state index in [0.717, 1.165) is 16.9 Å². The third-order valence-electron chi connectivity index (χ3n) is 6.17. The molecule has 0 unspecified atom stereocenters. The number of aromatic nitrogens is 2. The number of ether oxygens (including phenoxy) is 1. The van der Waals surface area contributed by atoms with E-state index in [-0.39, 0.29) is 10.8 Å².